The molecular formula is C10H9N3. The summed E-state index contributed by atoms with van der Waals surface area (Å²) in [5.41, 5.74) is 2.13. The van der Waals surface area contributed by atoms with Gasteiger partial charge in [0.25, 0.3) is 0 Å². The van der Waals surface area contributed by atoms with E-state index in [1.54, 1.807) is 18.6 Å². The van der Waals surface area contributed by atoms with Crippen molar-refractivity contribution in [2.24, 2.45) is 7.05 Å². The second-order valence-electron chi connectivity index (χ2n) is 2.89. The topological polar surface area (TPSA) is 30.7 Å². The first-order valence-corrected chi connectivity index (χ1v) is 4.01. The normalized spacial score (nSPS) is 10.2. The maximum Gasteiger partial charge on any atom is 0.0751 e. The fraction of sp³-hybridized carbons (Fsp3) is 0.200. The average Bonchev–Trinajstić information content (AvgIpc) is 2.50. The van der Waals surface area contributed by atoms with Gasteiger partial charge in [-0.2, -0.15) is 5.10 Å². The van der Waals surface area contributed by atoms with Crippen molar-refractivity contribution in [1.29, 1.82) is 0 Å². The van der Waals surface area contributed by atoms with E-state index in [0.717, 1.165) is 16.5 Å². The maximum atomic E-state index is 5.26. The van der Waals surface area contributed by atoms with Crippen molar-refractivity contribution >= 4 is 10.9 Å². The Morgan fingerprint density at radius 3 is 3.08 bits per heavy atom. The molecule has 0 fully saturated rings. The lowest BCUT2D eigenvalue weighted by atomic mass is 10.1. The molecule has 0 N–H and O–H groups in total. The first-order chi connectivity index (χ1) is 6.33. The standard InChI is InChI=1S/C10H9N3/c1-3-4-8-5-11-6-9-7-12-13(2)10(8)9/h1,5-7H,4H2,2H3. The molecule has 0 aliphatic carbocycles. The second-order valence-corrected chi connectivity index (χ2v) is 2.89. The van der Waals surface area contributed by atoms with E-state index in [1.807, 2.05) is 11.7 Å². The lowest BCUT2D eigenvalue weighted by molar-refractivity contribution is 0.793. The molecule has 64 valence electrons. The number of aryl methyl sites for hydroxylation is 1. The van der Waals surface area contributed by atoms with Gasteiger partial charge in [-0.15, -0.1) is 12.3 Å². The highest BCUT2D eigenvalue weighted by Gasteiger charge is 2.04. The maximum absolute atomic E-state index is 5.26. The third kappa shape index (κ3) is 1.17. The minimum absolute atomic E-state index is 0.601. The Morgan fingerprint density at radius 1 is 1.46 bits per heavy atom. The molecule has 2 aromatic heterocycles. The first kappa shape index (κ1) is 7.81. The molecule has 0 aliphatic heterocycles. The molecule has 2 aromatic rings. The van der Waals surface area contributed by atoms with Gasteiger partial charge in [0, 0.05) is 36.8 Å². The molecule has 0 radical (unpaired) electrons. The first-order valence-electron chi connectivity index (χ1n) is 4.01. The average molecular weight is 171 g/mol. The Kier molecular flexibility index (Phi) is 1.75. The minimum Gasteiger partial charge on any atom is -0.268 e. The summed E-state index contributed by atoms with van der Waals surface area (Å²) in [6, 6.07) is 0. The third-order valence-electron chi connectivity index (χ3n) is 2.01. The highest BCUT2D eigenvalue weighted by atomic mass is 15.2. The van der Waals surface area contributed by atoms with E-state index in [9.17, 15) is 0 Å². The van der Waals surface area contributed by atoms with Gasteiger partial charge < -0.3 is 0 Å². The van der Waals surface area contributed by atoms with Crippen LogP contribution in [0.4, 0.5) is 0 Å². The minimum atomic E-state index is 0.601. The van der Waals surface area contributed by atoms with Crippen LogP contribution in [0.25, 0.3) is 10.9 Å². The quantitative estimate of drug-likeness (QED) is 0.602. The zero-order chi connectivity index (χ0) is 9.26. The van der Waals surface area contributed by atoms with E-state index in [-0.39, 0.29) is 0 Å². The number of terminal acetylenes is 1. The molecule has 0 unspecified atom stereocenters. The van der Waals surface area contributed by atoms with Gasteiger partial charge in [-0.1, -0.05) is 0 Å². The molecule has 0 spiro atoms. The van der Waals surface area contributed by atoms with Gasteiger partial charge >= 0.3 is 0 Å². The lowest BCUT2D eigenvalue weighted by Crippen LogP contribution is -1.94. The van der Waals surface area contributed by atoms with E-state index in [0.29, 0.717) is 6.42 Å². The molecule has 0 atom stereocenters. The van der Waals surface area contributed by atoms with Crippen LogP contribution in [0.2, 0.25) is 0 Å². The highest BCUT2D eigenvalue weighted by Crippen LogP contribution is 2.15. The monoisotopic (exact) mass is 171 g/mol. The predicted octanol–water partition coefficient (Wildman–Crippen LogP) is 1.14. The second kappa shape index (κ2) is 2.91. The van der Waals surface area contributed by atoms with Crippen molar-refractivity contribution in [3.63, 3.8) is 0 Å². The van der Waals surface area contributed by atoms with Crippen molar-refractivity contribution < 1.29 is 0 Å². The van der Waals surface area contributed by atoms with Crippen LogP contribution in [-0.2, 0) is 13.5 Å². The SMILES string of the molecule is C#CCc1cncc2cnn(C)c12. The van der Waals surface area contributed by atoms with E-state index in [4.69, 9.17) is 6.42 Å². The number of rotatable bonds is 1. The van der Waals surface area contributed by atoms with Gasteiger partial charge in [0.1, 0.15) is 0 Å². The summed E-state index contributed by atoms with van der Waals surface area (Å²) in [5, 5.41) is 5.18. The molecule has 0 bridgehead atoms. The molecule has 13 heavy (non-hydrogen) atoms. The van der Waals surface area contributed by atoms with Crippen molar-refractivity contribution in [3.05, 3.63) is 24.2 Å². The molecular weight excluding hydrogens is 162 g/mol. The molecule has 2 rings (SSSR count). The smallest absolute Gasteiger partial charge is 0.0751 e. The van der Waals surface area contributed by atoms with Crippen molar-refractivity contribution in [2.45, 2.75) is 6.42 Å². The van der Waals surface area contributed by atoms with Gasteiger partial charge in [0.2, 0.25) is 0 Å². The summed E-state index contributed by atoms with van der Waals surface area (Å²) in [5.74, 6) is 2.61. The fourth-order valence-electron chi connectivity index (χ4n) is 1.45. The molecule has 0 amide bonds. The van der Waals surface area contributed by atoms with Gasteiger partial charge in [-0.3, -0.25) is 9.67 Å². The Hall–Kier alpha value is -1.82. The largest absolute Gasteiger partial charge is 0.268 e. The summed E-state index contributed by atoms with van der Waals surface area (Å²) >= 11 is 0. The number of pyridine rings is 1. The Morgan fingerprint density at radius 2 is 2.31 bits per heavy atom. The number of hydrogen-bond donors (Lipinski definition) is 0. The molecule has 3 heteroatoms. The van der Waals surface area contributed by atoms with Crippen molar-refractivity contribution in [3.8, 4) is 12.3 Å². The number of hydrogen-bond acceptors (Lipinski definition) is 2. The summed E-state index contributed by atoms with van der Waals surface area (Å²) in [6.45, 7) is 0. The number of nitrogens with zero attached hydrogens (tertiary/aromatic N) is 3. The fourth-order valence-corrected chi connectivity index (χ4v) is 1.45. The third-order valence-corrected chi connectivity index (χ3v) is 2.01. The van der Waals surface area contributed by atoms with Crippen LogP contribution >= 0.6 is 0 Å². The van der Waals surface area contributed by atoms with Crippen LogP contribution in [0.5, 0.6) is 0 Å². The van der Waals surface area contributed by atoms with Gasteiger partial charge in [-0.25, -0.2) is 0 Å². The van der Waals surface area contributed by atoms with Crippen LogP contribution < -0.4 is 0 Å². The number of aromatic nitrogens is 3. The van der Waals surface area contributed by atoms with Gasteiger partial charge in [-0.05, 0) is 0 Å². The summed E-state index contributed by atoms with van der Waals surface area (Å²) in [7, 11) is 1.91. The van der Waals surface area contributed by atoms with Crippen LogP contribution in [-0.4, -0.2) is 14.8 Å². The van der Waals surface area contributed by atoms with Gasteiger partial charge in [0.05, 0.1) is 11.7 Å². The summed E-state index contributed by atoms with van der Waals surface area (Å²) < 4.78 is 1.82. The molecule has 0 saturated carbocycles. The Bertz CT molecular complexity index is 476. The van der Waals surface area contributed by atoms with Gasteiger partial charge in [0.15, 0.2) is 0 Å². The van der Waals surface area contributed by atoms with E-state index < -0.39 is 0 Å². The van der Waals surface area contributed by atoms with Crippen LogP contribution in [0.3, 0.4) is 0 Å². The summed E-state index contributed by atoms with van der Waals surface area (Å²) in [4.78, 5) is 4.10. The van der Waals surface area contributed by atoms with Crippen LogP contribution in [0.15, 0.2) is 18.6 Å². The molecule has 0 aromatic carbocycles. The zero-order valence-corrected chi connectivity index (χ0v) is 7.36. The van der Waals surface area contributed by atoms with E-state index in [2.05, 4.69) is 16.0 Å². The highest BCUT2D eigenvalue weighted by molar-refractivity contribution is 5.80. The molecule has 0 aliphatic rings. The molecule has 0 saturated heterocycles. The Balaban J connectivity index is 2.74. The molecule has 3 nitrogen and oxygen atoms in total. The zero-order valence-electron chi connectivity index (χ0n) is 7.36. The molecule has 2 heterocycles. The van der Waals surface area contributed by atoms with Crippen LogP contribution in [0.1, 0.15) is 5.56 Å². The Labute approximate surface area is 76.4 Å². The van der Waals surface area contributed by atoms with E-state index >= 15 is 0 Å². The predicted molar refractivity (Wildman–Crippen MR) is 51.0 cm³/mol. The van der Waals surface area contributed by atoms with Crippen molar-refractivity contribution in [2.75, 3.05) is 0 Å². The number of fused-ring (bicyclic) bond motifs is 1. The van der Waals surface area contributed by atoms with E-state index in [1.165, 1.54) is 0 Å². The lowest BCUT2D eigenvalue weighted by Gasteiger charge is -1.99. The summed E-state index contributed by atoms with van der Waals surface area (Å²) in [6.07, 6.45) is 11.2. The van der Waals surface area contributed by atoms with Crippen molar-refractivity contribution in [1.82, 2.24) is 14.8 Å². The van der Waals surface area contributed by atoms with Crippen LogP contribution in [0, 0.1) is 12.3 Å².